The first-order chi connectivity index (χ1) is 15.5. The minimum Gasteiger partial charge on any atom is -0.497 e. The predicted octanol–water partition coefficient (Wildman–Crippen LogP) is 3.90. The molecule has 1 saturated heterocycles. The molecule has 0 bridgehead atoms. The second-order valence-electron chi connectivity index (χ2n) is 8.30. The lowest BCUT2D eigenvalue weighted by atomic mass is 10.1. The summed E-state index contributed by atoms with van der Waals surface area (Å²) < 4.78 is 7.18. The SMILES string of the molecule is C=C1NC(=O)C/C1=C\c1cnn2c(NC3CC3)cc(N[C@@H](C)c3cccc(OC)c3)nc12. The molecule has 8 nitrogen and oxygen atoms in total. The molecule has 8 heteroatoms. The molecular weight excluding hydrogens is 404 g/mol. The van der Waals surface area contributed by atoms with Crippen molar-refractivity contribution in [3.8, 4) is 5.75 Å². The summed E-state index contributed by atoms with van der Waals surface area (Å²) >= 11 is 0. The first-order valence-corrected chi connectivity index (χ1v) is 10.8. The average molecular weight is 431 g/mol. The van der Waals surface area contributed by atoms with Crippen LogP contribution in [0.2, 0.25) is 0 Å². The number of ether oxygens (including phenoxy) is 1. The molecule has 32 heavy (non-hydrogen) atoms. The maximum atomic E-state index is 11.7. The number of hydrogen-bond donors (Lipinski definition) is 3. The first-order valence-electron chi connectivity index (χ1n) is 10.8. The van der Waals surface area contributed by atoms with Gasteiger partial charge in [-0.25, -0.2) is 4.98 Å². The van der Waals surface area contributed by atoms with E-state index in [1.165, 1.54) is 0 Å². The molecular formula is C24H26N6O2. The molecule has 3 N–H and O–H groups in total. The zero-order chi connectivity index (χ0) is 22.2. The number of anilines is 2. The maximum absolute atomic E-state index is 11.7. The van der Waals surface area contributed by atoms with Gasteiger partial charge in [0.15, 0.2) is 5.65 Å². The van der Waals surface area contributed by atoms with E-state index in [1.807, 2.05) is 34.9 Å². The topological polar surface area (TPSA) is 92.6 Å². The molecule has 0 unspecified atom stereocenters. The molecule has 1 amide bonds. The van der Waals surface area contributed by atoms with Gasteiger partial charge in [0, 0.05) is 23.4 Å². The van der Waals surface area contributed by atoms with E-state index in [4.69, 9.17) is 9.72 Å². The zero-order valence-corrected chi connectivity index (χ0v) is 18.2. The molecule has 2 aliphatic rings. The minimum absolute atomic E-state index is 0.0231. The summed E-state index contributed by atoms with van der Waals surface area (Å²) in [4.78, 5) is 16.6. The number of fused-ring (bicyclic) bond motifs is 1. The van der Waals surface area contributed by atoms with Gasteiger partial charge < -0.3 is 20.7 Å². The van der Waals surface area contributed by atoms with Crippen molar-refractivity contribution < 1.29 is 9.53 Å². The zero-order valence-electron chi connectivity index (χ0n) is 18.2. The van der Waals surface area contributed by atoms with Gasteiger partial charge in [0.25, 0.3) is 0 Å². The molecule has 2 aromatic heterocycles. The number of nitrogens with zero attached hydrogens (tertiary/aromatic N) is 3. The van der Waals surface area contributed by atoms with Crippen LogP contribution < -0.4 is 20.7 Å². The molecule has 164 valence electrons. The van der Waals surface area contributed by atoms with Gasteiger partial charge in [0.2, 0.25) is 5.91 Å². The summed E-state index contributed by atoms with van der Waals surface area (Å²) in [6, 6.07) is 10.5. The van der Waals surface area contributed by atoms with E-state index >= 15 is 0 Å². The van der Waals surface area contributed by atoms with E-state index in [9.17, 15) is 4.79 Å². The Kier molecular flexibility index (Phi) is 5.05. The van der Waals surface area contributed by atoms with Gasteiger partial charge in [-0.15, -0.1) is 0 Å². The molecule has 0 spiro atoms. The Hall–Kier alpha value is -3.81. The lowest BCUT2D eigenvalue weighted by Crippen LogP contribution is -2.12. The Balaban J connectivity index is 1.51. The number of benzene rings is 1. The lowest BCUT2D eigenvalue weighted by molar-refractivity contribution is -0.118. The van der Waals surface area contributed by atoms with E-state index in [-0.39, 0.29) is 11.9 Å². The fourth-order valence-electron chi connectivity index (χ4n) is 3.81. The van der Waals surface area contributed by atoms with Gasteiger partial charge in [-0.3, -0.25) is 4.79 Å². The molecule has 1 aliphatic carbocycles. The van der Waals surface area contributed by atoms with Gasteiger partial charge in [-0.1, -0.05) is 18.7 Å². The van der Waals surface area contributed by atoms with Gasteiger partial charge >= 0.3 is 0 Å². The second-order valence-corrected chi connectivity index (χ2v) is 8.30. The number of allylic oxidation sites excluding steroid dienone is 1. The number of rotatable bonds is 7. The van der Waals surface area contributed by atoms with Crippen molar-refractivity contribution in [1.29, 1.82) is 0 Å². The third-order valence-electron chi connectivity index (χ3n) is 5.75. The van der Waals surface area contributed by atoms with Crippen molar-refractivity contribution in [1.82, 2.24) is 19.9 Å². The van der Waals surface area contributed by atoms with Crippen LogP contribution >= 0.6 is 0 Å². The van der Waals surface area contributed by atoms with E-state index in [2.05, 4.69) is 40.6 Å². The van der Waals surface area contributed by atoms with Crippen LogP contribution in [0.5, 0.6) is 5.75 Å². The van der Waals surface area contributed by atoms with E-state index in [0.717, 1.165) is 52.6 Å². The summed E-state index contributed by atoms with van der Waals surface area (Å²) in [7, 11) is 1.67. The van der Waals surface area contributed by atoms with E-state index in [0.29, 0.717) is 18.2 Å². The number of hydrogen-bond acceptors (Lipinski definition) is 6. The molecule has 1 aromatic carbocycles. The Labute approximate surface area is 186 Å². The summed E-state index contributed by atoms with van der Waals surface area (Å²) in [6.07, 6.45) is 6.33. The average Bonchev–Trinajstić information content (AvgIpc) is 3.42. The number of carbonyl (C=O) groups is 1. The largest absolute Gasteiger partial charge is 0.497 e. The lowest BCUT2D eigenvalue weighted by Gasteiger charge is -2.17. The summed E-state index contributed by atoms with van der Waals surface area (Å²) in [6.45, 7) is 6.02. The molecule has 3 aromatic rings. The van der Waals surface area contributed by atoms with Crippen LogP contribution in [0.3, 0.4) is 0 Å². The maximum Gasteiger partial charge on any atom is 0.228 e. The van der Waals surface area contributed by atoms with Crippen LogP contribution in [-0.4, -0.2) is 33.7 Å². The minimum atomic E-state index is -0.0451. The molecule has 1 saturated carbocycles. The van der Waals surface area contributed by atoms with Crippen molar-refractivity contribution in [2.75, 3.05) is 17.7 Å². The van der Waals surface area contributed by atoms with Crippen LogP contribution in [0, 0.1) is 0 Å². The number of amides is 1. The smallest absolute Gasteiger partial charge is 0.228 e. The second kappa shape index (κ2) is 8.03. The highest BCUT2D eigenvalue weighted by molar-refractivity contribution is 5.89. The molecule has 2 fully saturated rings. The number of aromatic nitrogens is 3. The van der Waals surface area contributed by atoms with Crippen molar-refractivity contribution in [3.05, 3.63) is 65.5 Å². The first kappa shape index (κ1) is 20.1. The Bertz CT molecular complexity index is 1240. The van der Waals surface area contributed by atoms with Crippen LogP contribution in [0.15, 0.2) is 54.4 Å². The van der Waals surface area contributed by atoms with Crippen LogP contribution in [0.1, 0.15) is 43.4 Å². The van der Waals surface area contributed by atoms with Crippen LogP contribution in [-0.2, 0) is 4.79 Å². The Morgan fingerprint density at radius 1 is 1.34 bits per heavy atom. The fraction of sp³-hybridized carbons (Fsp3) is 0.292. The van der Waals surface area contributed by atoms with Gasteiger partial charge in [0.1, 0.15) is 17.4 Å². The third-order valence-corrected chi connectivity index (χ3v) is 5.75. The van der Waals surface area contributed by atoms with Crippen molar-refractivity contribution in [2.24, 2.45) is 0 Å². The number of methoxy groups -OCH3 is 1. The number of carbonyl (C=O) groups excluding carboxylic acids is 1. The highest BCUT2D eigenvalue weighted by atomic mass is 16.5. The van der Waals surface area contributed by atoms with Crippen molar-refractivity contribution in [2.45, 2.75) is 38.3 Å². The third kappa shape index (κ3) is 4.03. The Morgan fingerprint density at radius 3 is 2.91 bits per heavy atom. The quantitative estimate of drug-likeness (QED) is 0.526. The molecule has 3 heterocycles. The monoisotopic (exact) mass is 430 g/mol. The molecule has 1 aliphatic heterocycles. The Morgan fingerprint density at radius 2 is 2.19 bits per heavy atom. The van der Waals surface area contributed by atoms with E-state index in [1.54, 1.807) is 13.3 Å². The van der Waals surface area contributed by atoms with E-state index < -0.39 is 0 Å². The van der Waals surface area contributed by atoms with Gasteiger partial charge in [-0.05, 0) is 49.1 Å². The van der Waals surface area contributed by atoms with Crippen molar-refractivity contribution >= 4 is 29.3 Å². The van der Waals surface area contributed by atoms with Crippen molar-refractivity contribution in [3.63, 3.8) is 0 Å². The number of nitrogens with one attached hydrogen (secondary N) is 3. The molecule has 0 radical (unpaired) electrons. The molecule has 1 atom stereocenters. The highest BCUT2D eigenvalue weighted by Crippen LogP contribution is 2.30. The summed E-state index contributed by atoms with van der Waals surface area (Å²) in [5, 5.41) is 14.4. The normalized spacial score (nSPS) is 18.1. The van der Waals surface area contributed by atoms with Crippen LogP contribution in [0.4, 0.5) is 11.6 Å². The van der Waals surface area contributed by atoms with Gasteiger partial charge in [0.05, 0.1) is 25.8 Å². The van der Waals surface area contributed by atoms with Gasteiger partial charge in [-0.2, -0.15) is 9.61 Å². The highest BCUT2D eigenvalue weighted by Gasteiger charge is 2.24. The standard InChI is InChI=1S/C24H26N6O2/c1-14(16-5-4-6-20(10-16)32-3)26-21-12-22(28-19-7-8-19)30-24(29-21)18(13-25-30)9-17-11-23(31)27-15(17)2/h4-6,9-10,12-14,19,28H,2,7-8,11H2,1,3H3,(H,26,29)(H,27,31)/b17-9+/t14-/m0/s1. The summed E-state index contributed by atoms with van der Waals surface area (Å²) in [5.74, 6) is 2.41. The predicted molar refractivity (Wildman–Crippen MR) is 125 cm³/mol. The molecule has 5 rings (SSSR count). The summed E-state index contributed by atoms with van der Waals surface area (Å²) in [5.41, 5.74) is 4.15. The van der Waals surface area contributed by atoms with Crippen LogP contribution in [0.25, 0.3) is 11.7 Å². The fourth-order valence-corrected chi connectivity index (χ4v) is 3.81.